The van der Waals surface area contributed by atoms with E-state index < -0.39 is 0 Å². The highest BCUT2D eigenvalue weighted by molar-refractivity contribution is 7.99. The van der Waals surface area contributed by atoms with Crippen molar-refractivity contribution in [2.45, 2.75) is 30.8 Å². The summed E-state index contributed by atoms with van der Waals surface area (Å²) in [6.07, 6.45) is 2.28. The molecule has 0 spiro atoms. The Labute approximate surface area is 147 Å². The Morgan fingerprint density at radius 1 is 1.38 bits per heavy atom. The molecule has 0 aliphatic carbocycles. The fourth-order valence-corrected chi connectivity index (χ4v) is 4.25. The van der Waals surface area contributed by atoms with Gasteiger partial charge in [-0.1, -0.05) is 18.7 Å². The molecule has 2 saturated heterocycles. The number of carbonyl (C=O) groups is 1. The number of amides is 1. The van der Waals surface area contributed by atoms with E-state index >= 15 is 0 Å². The lowest BCUT2D eigenvalue weighted by molar-refractivity contribution is -0.898. The van der Waals surface area contributed by atoms with Gasteiger partial charge in [0, 0.05) is 20.1 Å². The van der Waals surface area contributed by atoms with Crippen LogP contribution in [0, 0.1) is 0 Å². The van der Waals surface area contributed by atoms with E-state index in [2.05, 4.69) is 28.7 Å². The molecule has 2 aliphatic rings. The van der Waals surface area contributed by atoms with Gasteiger partial charge in [-0.15, -0.1) is 10.2 Å². The monoisotopic (exact) mass is 354 g/mol. The van der Waals surface area contributed by atoms with Crippen molar-refractivity contribution in [2.24, 2.45) is 7.05 Å². The number of quaternary nitrogens is 1. The zero-order chi connectivity index (χ0) is 16.9. The number of piperidine rings is 1. The number of carbonyl (C=O) groups excluding carboxylic acids is 1. The molecule has 3 heterocycles. The lowest BCUT2D eigenvalue weighted by Crippen LogP contribution is -3.14. The number of hydrogen-bond donors (Lipinski definition) is 1. The van der Waals surface area contributed by atoms with Crippen molar-refractivity contribution >= 4 is 17.7 Å². The van der Waals surface area contributed by atoms with E-state index in [1.54, 1.807) is 11.8 Å². The molecule has 8 heteroatoms. The highest BCUT2D eigenvalue weighted by Gasteiger charge is 2.31. The minimum Gasteiger partial charge on any atom is -0.378 e. The van der Waals surface area contributed by atoms with E-state index in [1.165, 1.54) is 4.90 Å². The van der Waals surface area contributed by atoms with E-state index in [9.17, 15) is 4.79 Å². The van der Waals surface area contributed by atoms with Crippen molar-refractivity contribution in [1.82, 2.24) is 19.7 Å². The first-order valence-corrected chi connectivity index (χ1v) is 9.88. The molecule has 2 aliphatic heterocycles. The predicted octanol–water partition coefficient (Wildman–Crippen LogP) is -0.452. The summed E-state index contributed by atoms with van der Waals surface area (Å²) < 4.78 is 7.46. The lowest BCUT2D eigenvalue weighted by Gasteiger charge is -2.32. The fraction of sp³-hybridized carbons (Fsp3) is 0.812. The van der Waals surface area contributed by atoms with Gasteiger partial charge < -0.3 is 19.1 Å². The number of morpholine rings is 1. The minimum atomic E-state index is 0.258. The second-order valence-corrected chi connectivity index (χ2v) is 7.78. The van der Waals surface area contributed by atoms with Gasteiger partial charge in [-0.05, 0) is 18.6 Å². The summed E-state index contributed by atoms with van der Waals surface area (Å²) in [4.78, 5) is 15.8. The molecule has 7 nitrogen and oxygen atoms in total. The zero-order valence-corrected chi connectivity index (χ0v) is 15.5. The minimum absolute atomic E-state index is 0.258. The van der Waals surface area contributed by atoms with Gasteiger partial charge in [0.1, 0.15) is 5.82 Å². The standard InChI is InChI=1S/C16H27N5O2S/c1-3-24-16-18-17-15(19(16)2)13-5-4-6-20(11-13)12-14(22)21-7-9-23-10-8-21/h13H,3-12H2,1-2H3/p+1/t13-/m1/s1. The summed E-state index contributed by atoms with van der Waals surface area (Å²) in [5, 5.41) is 9.74. The van der Waals surface area contributed by atoms with Crippen molar-refractivity contribution in [3.63, 3.8) is 0 Å². The van der Waals surface area contributed by atoms with Gasteiger partial charge in [0.15, 0.2) is 11.7 Å². The molecule has 0 bridgehead atoms. The van der Waals surface area contributed by atoms with E-state index in [0.717, 1.165) is 55.8 Å². The van der Waals surface area contributed by atoms with Gasteiger partial charge in [-0.25, -0.2) is 0 Å². The van der Waals surface area contributed by atoms with Crippen LogP contribution < -0.4 is 4.90 Å². The van der Waals surface area contributed by atoms with Crippen LogP contribution in [0.3, 0.4) is 0 Å². The number of thioether (sulfide) groups is 1. The number of likely N-dealkylation sites (tertiary alicyclic amines) is 1. The first-order valence-electron chi connectivity index (χ1n) is 8.90. The Balaban J connectivity index is 1.59. The second-order valence-electron chi connectivity index (χ2n) is 6.55. The first-order chi connectivity index (χ1) is 11.7. The molecule has 1 amide bonds. The van der Waals surface area contributed by atoms with Crippen molar-refractivity contribution < 1.29 is 14.4 Å². The van der Waals surface area contributed by atoms with Crippen LogP contribution in [0.2, 0.25) is 0 Å². The summed E-state index contributed by atoms with van der Waals surface area (Å²) in [5.74, 6) is 2.73. The third-order valence-corrected chi connectivity index (χ3v) is 5.79. The Morgan fingerprint density at radius 2 is 2.17 bits per heavy atom. The molecule has 0 radical (unpaired) electrons. The lowest BCUT2D eigenvalue weighted by atomic mass is 9.97. The summed E-state index contributed by atoms with van der Waals surface area (Å²) in [7, 11) is 2.06. The molecule has 2 atom stereocenters. The average molecular weight is 355 g/mol. The molecule has 1 N–H and O–H groups in total. The van der Waals surface area contributed by atoms with Crippen LogP contribution in [0.4, 0.5) is 0 Å². The normalized spacial score (nSPS) is 25.0. The molecular weight excluding hydrogens is 326 g/mol. The maximum absolute atomic E-state index is 12.5. The van der Waals surface area contributed by atoms with Gasteiger partial charge in [-0.3, -0.25) is 4.79 Å². The van der Waals surface area contributed by atoms with Crippen LogP contribution in [-0.4, -0.2) is 77.3 Å². The van der Waals surface area contributed by atoms with Gasteiger partial charge >= 0.3 is 0 Å². The van der Waals surface area contributed by atoms with Crippen LogP contribution in [0.25, 0.3) is 0 Å². The smallest absolute Gasteiger partial charge is 0.277 e. The number of aromatic nitrogens is 3. The predicted molar refractivity (Wildman–Crippen MR) is 92.3 cm³/mol. The summed E-state index contributed by atoms with van der Waals surface area (Å²) in [6.45, 7) is 7.56. The highest BCUT2D eigenvalue weighted by atomic mass is 32.2. The second kappa shape index (κ2) is 8.31. The third kappa shape index (κ3) is 4.10. The Hall–Kier alpha value is -1.12. The first kappa shape index (κ1) is 17.7. The van der Waals surface area contributed by atoms with E-state index in [1.807, 2.05) is 4.90 Å². The van der Waals surface area contributed by atoms with Gasteiger partial charge in [0.2, 0.25) is 0 Å². The Kier molecular flexibility index (Phi) is 6.13. The van der Waals surface area contributed by atoms with Crippen molar-refractivity contribution in [3.8, 4) is 0 Å². The summed E-state index contributed by atoms with van der Waals surface area (Å²) >= 11 is 1.73. The van der Waals surface area contributed by atoms with E-state index in [-0.39, 0.29) is 5.91 Å². The van der Waals surface area contributed by atoms with Crippen molar-refractivity contribution in [1.29, 1.82) is 0 Å². The van der Waals surface area contributed by atoms with Gasteiger partial charge in [-0.2, -0.15) is 0 Å². The maximum Gasteiger partial charge on any atom is 0.277 e. The maximum atomic E-state index is 12.5. The van der Waals surface area contributed by atoms with Crippen LogP contribution in [0.1, 0.15) is 31.5 Å². The molecule has 134 valence electrons. The van der Waals surface area contributed by atoms with E-state index in [4.69, 9.17) is 4.74 Å². The number of hydrogen-bond acceptors (Lipinski definition) is 5. The molecule has 3 rings (SSSR count). The summed E-state index contributed by atoms with van der Waals surface area (Å²) in [5.41, 5.74) is 0. The Bertz CT molecular complexity index is 559. The van der Waals surface area contributed by atoms with Crippen LogP contribution in [0.15, 0.2) is 5.16 Å². The summed E-state index contributed by atoms with van der Waals surface area (Å²) in [6, 6.07) is 0. The van der Waals surface area contributed by atoms with Crippen LogP contribution >= 0.6 is 11.8 Å². The number of nitrogens with zero attached hydrogens (tertiary/aromatic N) is 4. The molecule has 1 aromatic heterocycles. The number of nitrogens with one attached hydrogen (secondary N) is 1. The topological polar surface area (TPSA) is 64.7 Å². The SMILES string of the molecule is CCSc1nnc([C@@H]2CCC[NH+](CC(=O)N3CCOCC3)C2)n1C. The van der Waals surface area contributed by atoms with E-state index in [0.29, 0.717) is 25.7 Å². The van der Waals surface area contributed by atoms with Crippen molar-refractivity contribution in [3.05, 3.63) is 5.82 Å². The molecule has 1 aromatic rings. The molecule has 0 aromatic carbocycles. The fourth-order valence-electron chi connectivity index (χ4n) is 3.61. The molecule has 1 unspecified atom stereocenters. The molecule has 0 saturated carbocycles. The number of rotatable bonds is 5. The average Bonchev–Trinajstić information content (AvgIpc) is 2.97. The zero-order valence-electron chi connectivity index (χ0n) is 14.7. The molecule has 24 heavy (non-hydrogen) atoms. The highest BCUT2D eigenvalue weighted by Crippen LogP contribution is 2.23. The largest absolute Gasteiger partial charge is 0.378 e. The Morgan fingerprint density at radius 3 is 2.92 bits per heavy atom. The quantitative estimate of drug-likeness (QED) is 0.726. The van der Waals surface area contributed by atoms with Gasteiger partial charge in [0.25, 0.3) is 5.91 Å². The number of ether oxygens (including phenoxy) is 1. The third-order valence-electron chi connectivity index (χ3n) is 4.89. The van der Waals surface area contributed by atoms with Gasteiger partial charge in [0.05, 0.1) is 32.2 Å². The molecular formula is C16H28N5O2S+. The van der Waals surface area contributed by atoms with Crippen LogP contribution in [-0.2, 0) is 16.6 Å². The molecule has 2 fully saturated rings. The van der Waals surface area contributed by atoms with Crippen molar-refractivity contribution in [2.75, 3.05) is 51.7 Å². The van der Waals surface area contributed by atoms with Crippen LogP contribution in [0.5, 0.6) is 0 Å².